The average Bonchev–Trinajstić information content (AvgIpc) is 2.93. The van der Waals surface area contributed by atoms with Crippen LogP contribution in [0.15, 0.2) is 72.9 Å². The quantitative estimate of drug-likeness (QED) is 0.334. The Bertz CT molecular complexity index is 1130. The van der Waals surface area contributed by atoms with E-state index >= 15 is 0 Å². The van der Waals surface area contributed by atoms with Crippen LogP contribution in [0.4, 0.5) is 8.78 Å². The minimum absolute atomic E-state index is 0.0787. The summed E-state index contributed by atoms with van der Waals surface area (Å²) in [4.78, 5) is 24.2. The molecule has 2 saturated carbocycles. The van der Waals surface area contributed by atoms with Gasteiger partial charge in [-0.1, -0.05) is 81.4 Å². The summed E-state index contributed by atoms with van der Waals surface area (Å²) >= 11 is 0. The molecule has 1 heterocycles. The van der Waals surface area contributed by atoms with Crippen molar-refractivity contribution in [3.05, 3.63) is 84.1 Å². The van der Waals surface area contributed by atoms with Crippen LogP contribution in [0.2, 0.25) is 0 Å². The maximum absolute atomic E-state index is 14.2. The van der Waals surface area contributed by atoms with E-state index in [0.29, 0.717) is 32.8 Å². The Balaban J connectivity index is 0.000000189. The second-order valence-corrected chi connectivity index (χ2v) is 12.2. The first-order valence-corrected chi connectivity index (χ1v) is 14.2. The third-order valence-electron chi connectivity index (χ3n) is 8.14. The first-order valence-electron chi connectivity index (χ1n) is 14.2. The Hall–Kier alpha value is -2.90. The smallest absolute Gasteiger partial charge is 0.234 e. The Morgan fingerprint density at radius 2 is 1.32 bits per heavy atom. The van der Waals surface area contributed by atoms with Crippen LogP contribution in [0, 0.1) is 23.2 Å². The van der Waals surface area contributed by atoms with Crippen LogP contribution in [0.5, 0.6) is 0 Å². The minimum atomic E-state index is -1.10. The van der Waals surface area contributed by atoms with Gasteiger partial charge in [0.1, 0.15) is 12.3 Å². The van der Waals surface area contributed by atoms with E-state index in [-0.39, 0.29) is 41.3 Å². The van der Waals surface area contributed by atoms with E-state index in [9.17, 15) is 18.4 Å². The number of rotatable bonds is 9. The lowest BCUT2D eigenvalue weighted by atomic mass is 9.62. The lowest BCUT2D eigenvalue weighted by Gasteiger charge is -2.46. The van der Waals surface area contributed by atoms with Crippen LogP contribution in [0.1, 0.15) is 51.2 Å². The van der Waals surface area contributed by atoms with Crippen molar-refractivity contribution < 1.29 is 27.8 Å². The van der Waals surface area contributed by atoms with Crippen molar-refractivity contribution in [1.82, 2.24) is 4.90 Å². The Labute approximate surface area is 236 Å². The molecule has 2 aromatic carbocycles. The van der Waals surface area contributed by atoms with Crippen LogP contribution in [-0.4, -0.2) is 48.2 Å². The molecule has 2 unspecified atom stereocenters. The fraction of sp³-hybridized carbons (Fsp3) is 0.515. The summed E-state index contributed by atoms with van der Waals surface area (Å²) in [6, 6.07) is 19.3. The molecule has 0 spiro atoms. The highest BCUT2D eigenvalue weighted by Crippen LogP contribution is 2.47. The van der Waals surface area contributed by atoms with Gasteiger partial charge < -0.3 is 14.4 Å². The molecule has 0 saturated heterocycles. The molecule has 0 aromatic heterocycles. The van der Waals surface area contributed by atoms with Gasteiger partial charge in [-0.15, -0.1) is 0 Å². The molecule has 2 aromatic rings. The van der Waals surface area contributed by atoms with Crippen LogP contribution in [0.25, 0.3) is 0 Å². The summed E-state index contributed by atoms with van der Waals surface area (Å²) in [5.41, 5.74) is 2.29. The van der Waals surface area contributed by atoms with Crippen molar-refractivity contribution in [2.24, 2.45) is 23.2 Å². The number of allylic oxidation sites excluding steroid dienone is 1. The van der Waals surface area contributed by atoms with Gasteiger partial charge in [-0.3, -0.25) is 9.59 Å². The lowest BCUT2D eigenvalue weighted by Crippen LogP contribution is -2.56. The first kappa shape index (κ1) is 30.1. The minimum Gasteiger partial charge on any atom is -0.376 e. The molecule has 0 bridgehead atoms. The highest BCUT2D eigenvalue weighted by atomic mass is 19.1. The molecule has 2 fully saturated rings. The van der Waals surface area contributed by atoms with E-state index in [1.807, 2.05) is 60.7 Å². The van der Waals surface area contributed by atoms with E-state index in [2.05, 4.69) is 20.8 Å². The molecular weight excluding hydrogens is 512 g/mol. The second kappa shape index (κ2) is 13.6. The molecule has 0 radical (unpaired) electrons. The standard InChI is InChI=1S/C17H18FNO3.C16H23FO/c18-17-13(11-22-10-12-4-2-1-3-5-12)8-15(17)19-7-6-14(20)9-16(19)21;1-16(2,3)14-9-13(15(14)17)11-18-10-12-7-5-4-6-8-12/h1-7,13,15,17H,8-11H2;4-8,13-15H,9-11H2,1-3H3/t13-,15-,17?;13-,14-,15?/m10/s1. The number of ketones is 1. The lowest BCUT2D eigenvalue weighted by molar-refractivity contribution is -0.141. The molecule has 6 atom stereocenters. The predicted octanol–water partition coefficient (Wildman–Crippen LogP) is 6.47. The molecular formula is C33H41F2NO4. The van der Waals surface area contributed by atoms with Crippen LogP contribution < -0.4 is 0 Å². The number of amides is 1. The Kier molecular flexibility index (Phi) is 10.3. The zero-order valence-electron chi connectivity index (χ0n) is 23.7. The number of carbonyl (C=O) groups is 2. The summed E-state index contributed by atoms with van der Waals surface area (Å²) in [6.45, 7) is 8.29. The first-order chi connectivity index (χ1) is 19.1. The maximum atomic E-state index is 14.2. The van der Waals surface area contributed by atoms with Crippen molar-refractivity contribution in [2.45, 2.75) is 71.6 Å². The third-order valence-corrected chi connectivity index (χ3v) is 8.14. The van der Waals surface area contributed by atoms with Gasteiger partial charge >= 0.3 is 0 Å². The van der Waals surface area contributed by atoms with Crippen molar-refractivity contribution in [3.63, 3.8) is 0 Å². The Morgan fingerprint density at radius 1 is 0.800 bits per heavy atom. The molecule has 7 heteroatoms. The van der Waals surface area contributed by atoms with Crippen LogP contribution >= 0.6 is 0 Å². The van der Waals surface area contributed by atoms with Crippen molar-refractivity contribution >= 4 is 11.7 Å². The average molecular weight is 554 g/mol. The molecule has 5 nitrogen and oxygen atoms in total. The zero-order valence-corrected chi connectivity index (χ0v) is 23.7. The van der Waals surface area contributed by atoms with E-state index in [1.165, 1.54) is 17.2 Å². The fourth-order valence-electron chi connectivity index (χ4n) is 5.47. The molecule has 5 rings (SSSR count). The highest BCUT2D eigenvalue weighted by molar-refractivity contribution is 6.06. The normalized spacial score (nSPS) is 27.9. The summed E-state index contributed by atoms with van der Waals surface area (Å²) < 4.78 is 39.4. The van der Waals surface area contributed by atoms with E-state index in [1.54, 1.807) is 0 Å². The molecule has 0 N–H and O–H groups in total. The zero-order chi connectivity index (χ0) is 28.7. The third kappa shape index (κ3) is 7.85. The van der Waals surface area contributed by atoms with Gasteiger partial charge in [0.2, 0.25) is 5.91 Å². The number of halogens is 2. The molecule has 2 aliphatic carbocycles. The number of hydrogen-bond donors (Lipinski definition) is 0. The SMILES string of the molecule is CC(C)(C)[C@H]1C[C@@H](COCc2ccccc2)C1F.O=C1C=CN([C@@H]2C[C@H](COCc3ccccc3)C2F)C(=O)C1. The van der Waals surface area contributed by atoms with Gasteiger partial charge in [-0.2, -0.15) is 0 Å². The maximum Gasteiger partial charge on any atom is 0.234 e. The van der Waals surface area contributed by atoms with Crippen molar-refractivity contribution in [1.29, 1.82) is 0 Å². The topological polar surface area (TPSA) is 55.8 Å². The van der Waals surface area contributed by atoms with Crippen LogP contribution in [0.3, 0.4) is 0 Å². The second-order valence-electron chi connectivity index (χ2n) is 12.2. The summed E-state index contributed by atoms with van der Waals surface area (Å²) in [5, 5.41) is 0. The van der Waals surface area contributed by atoms with E-state index < -0.39 is 18.4 Å². The highest BCUT2D eigenvalue weighted by Gasteiger charge is 2.47. The van der Waals surface area contributed by atoms with Gasteiger partial charge in [0.05, 0.1) is 38.9 Å². The van der Waals surface area contributed by atoms with Gasteiger partial charge in [-0.05, 0) is 41.4 Å². The van der Waals surface area contributed by atoms with Crippen molar-refractivity contribution in [2.75, 3.05) is 13.2 Å². The molecule has 1 amide bonds. The number of carbonyl (C=O) groups excluding carboxylic acids is 2. The van der Waals surface area contributed by atoms with Crippen molar-refractivity contribution in [3.8, 4) is 0 Å². The van der Waals surface area contributed by atoms with E-state index in [0.717, 1.165) is 17.5 Å². The number of alkyl halides is 2. The molecule has 1 aliphatic heterocycles. The van der Waals surface area contributed by atoms with Gasteiger partial charge in [0, 0.05) is 18.0 Å². The molecule has 40 heavy (non-hydrogen) atoms. The van der Waals surface area contributed by atoms with Gasteiger partial charge in [-0.25, -0.2) is 8.78 Å². The number of nitrogens with zero attached hydrogens (tertiary/aromatic N) is 1. The van der Waals surface area contributed by atoms with Gasteiger partial charge in [0.25, 0.3) is 0 Å². The summed E-state index contributed by atoms with van der Waals surface area (Å²) in [5.74, 6) is -0.434. The molecule has 3 aliphatic rings. The number of ether oxygens (including phenoxy) is 2. The summed E-state index contributed by atoms with van der Waals surface area (Å²) in [7, 11) is 0. The number of hydrogen-bond acceptors (Lipinski definition) is 4. The number of benzene rings is 2. The van der Waals surface area contributed by atoms with Crippen LogP contribution in [-0.2, 0) is 32.3 Å². The largest absolute Gasteiger partial charge is 0.376 e. The Morgan fingerprint density at radius 3 is 1.77 bits per heavy atom. The van der Waals surface area contributed by atoms with Gasteiger partial charge in [0.15, 0.2) is 5.78 Å². The summed E-state index contributed by atoms with van der Waals surface area (Å²) in [6.07, 6.45) is 2.33. The monoisotopic (exact) mass is 553 g/mol. The molecule has 216 valence electrons. The van der Waals surface area contributed by atoms with E-state index in [4.69, 9.17) is 9.47 Å². The fourth-order valence-corrected chi connectivity index (χ4v) is 5.47. The predicted molar refractivity (Wildman–Crippen MR) is 151 cm³/mol.